The molecule has 3 nitrogen and oxygen atoms in total. The predicted octanol–water partition coefficient (Wildman–Crippen LogP) is 2.74. The molecule has 0 aromatic heterocycles. The summed E-state index contributed by atoms with van der Waals surface area (Å²) in [5.41, 5.74) is -0.398. The quantitative estimate of drug-likeness (QED) is 0.766. The van der Waals surface area contributed by atoms with E-state index < -0.39 is 5.54 Å². The summed E-state index contributed by atoms with van der Waals surface area (Å²) in [6.07, 6.45) is 7.11. The second kappa shape index (κ2) is 5.60. The first-order chi connectivity index (χ1) is 8.57. The standard InChI is InChI=1S/C15H27NO2/c1-11(2)10-16-15(14(17)18-3)8-4-5-13(9-15)12-6-7-12/h11-13,16H,4-10H2,1-3H3. The zero-order valence-corrected chi connectivity index (χ0v) is 12.0. The van der Waals surface area contributed by atoms with Gasteiger partial charge in [0.25, 0.3) is 0 Å². The molecule has 3 heteroatoms. The summed E-state index contributed by atoms with van der Waals surface area (Å²) in [4.78, 5) is 12.2. The number of nitrogens with one attached hydrogen (secondary N) is 1. The van der Waals surface area contributed by atoms with Crippen molar-refractivity contribution in [2.75, 3.05) is 13.7 Å². The zero-order chi connectivity index (χ0) is 13.2. The molecule has 2 fully saturated rings. The third-order valence-electron chi connectivity index (χ3n) is 4.50. The molecule has 2 unspecified atom stereocenters. The fourth-order valence-electron chi connectivity index (χ4n) is 3.30. The lowest BCUT2D eigenvalue weighted by molar-refractivity contribution is -0.151. The van der Waals surface area contributed by atoms with E-state index in [0.29, 0.717) is 5.92 Å². The average Bonchev–Trinajstić information content (AvgIpc) is 3.20. The van der Waals surface area contributed by atoms with Crippen molar-refractivity contribution in [1.29, 1.82) is 0 Å². The summed E-state index contributed by atoms with van der Waals surface area (Å²) in [7, 11) is 1.52. The van der Waals surface area contributed by atoms with Gasteiger partial charge in [0, 0.05) is 0 Å². The Balaban J connectivity index is 2.04. The monoisotopic (exact) mass is 253 g/mol. The van der Waals surface area contributed by atoms with Crippen LogP contribution in [-0.4, -0.2) is 25.2 Å². The van der Waals surface area contributed by atoms with Crippen molar-refractivity contribution >= 4 is 5.97 Å². The van der Waals surface area contributed by atoms with Gasteiger partial charge in [-0.05, 0) is 50.0 Å². The molecule has 1 N–H and O–H groups in total. The molecule has 0 amide bonds. The molecular formula is C15H27NO2. The van der Waals surface area contributed by atoms with Gasteiger partial charge < -0.3 is 10.1 Å². The Bertz CT molecular complexity index is 299. The molecule has 104 valence electrons. The molecule has 2 aliphatic rings. The number of carbonyl (C=O) groups is 1. The molecule has 0 spiro atoms. The van der Waals surface area contributed by atoms with Gasteiger partial charge in [0.15, 0.2) is 0 Å². The van der Waals surface area contributed by atoms with Crippen molar-refractivity contribution in [3.8, 4) is 0 Å². The number of rotatable bonds is 5. The van der Waals surface area contributed by atoms with Crippen LogP contribution in [0.25, 0.3) is 0 Å². The van der Waals surface area contributed by atoms with Crippen LogP contribution in [0.2, 0.25) is 0 Å². The van der Waals surface area contributed by atoms with E-state index in [4.69, 9.17) is 4.74 Å². The van der Waals surface area contributed by atoms with Gasteiger partial charge in [-0.3, -0.25) is 4.79 Å². The Morgan fingerprint density at radius 3 is 2.61 bits per heavy atom. The van der Waals surface area contributed by atoms with Gasteiger partial charge in [-0.15, -0.1) is 0 Å². The van der Waals surface area contributed by atoms with Crippen LogP contribution >= 0.6 is 0 Å². The van der Waals surface area contributed by atoms with Crippen LogP contribution in [0.15, 0.2) is 0 Å². The lowest BCUT2D eigenvalue weighted by Gasteiger charge is -2.40. The van der Waals surface area contributed by atoms with Crippen molar-refractivity contribution in [1.82, 2.24) is 5.32 Å². The van der Waals surface area contributed by atoms with Gasteiger partial charge in [-0.2, -0.15) is 0 Å². The lowest BCUT2D eigenvalue weighted by atomic mass is 9.73. The van der Waals surface area contributed by atoms with Crippen LogP contribution in [0, 0.1) is 17.8 Å². The summed E-state index contributed by atoms with van der Waals surface area (Å²) in [6.45, 7) is 5.25. The molecule has 0 saturated heterocycles. The van der Waals surface area contributed by atoms with Crippen LogP contribution in [0.1, 0.15) is 52.4 Å². The number of hydrogen-bond donors (Lipinski definition) is 1. The van der Waals surface area contributed by atoms with E-state index in [1.54, 1.807) is 0 Å². The fraction of sp³-hybridized carbons (Fsp3) is 0.933. The first-order valence-electron chi connectivity index (χ1n) is 7.41. The van der Waals surface area contributed by atoms with E-state index in [9.17, 15) is 4.79 Å². The van der Waals surface area contributed by atoms with Crippen LogP contribution in [0.5, 0.6) is 0 Å². The molecule has 0 radical (unpaired) electrons. The van der Waals surface area contributed by atoms with Crippen LogP contribution < -0.4 is 5.32 Å². The summed E-state index contributed by atoms with van der Waals surface area (Å²) < 4.78 is 5.07. The van der Waals surface area contributed by atoms with E-state index in [1.165, 1.54) is 26.4 Å². The minimum atomic E-state index is -0.398. The smallest absolute Gasteiger partial charge is 0.326 e. The van der Waals surface area contributed by atoms with Crippen molar-refractivity contribution in [2.45, 2.75) is 57.9 Å². The van der Waals surface area contributed by atoms with Gasteiger partial charge in [0.1, 0.15) is 5.54 Å². The zero-order valence-electron chi connectivity index (χ0n) is 12.0. The fourth-order valence-corrected chi connectivity index (χ4v) is 3.30. The highest BCUT2D eigenvalue weighted by molar-refractivity contribution is 5.81. The summed E-state index contributed by atoms with van der Waals surface area (Å²) in [6, 6.07) is 0. The molecule has 0 bridgehead atoms. The second-order valence-corrected chi connectivity index (χ2v) is 6.54. The maximum atomic E-state index is 12.2. The van der Waals surface area contributed by atoms with Crippen molar-refractivity contribution < 1.29 is 9.53 Å². The summed E-state index contributed by atoms with van der Waals surface area (Å²) in [5.74, 6) is 2.13. The van der Waals surface area contributed by atoms with Crippen LogP contribution in [0.4, 0.5) is 0 Å². The van der Waals surface area contributed by atoms with E-state index >= 15 is 0 Å². The van der Waals surface area contributed by atoms with Crippen LogP contribution in [0.3, 0.4) is 0 Å². The Kier molecular flexibility index (Phi) is 4.31. The second-order valence-electron chi connectivity index (χ2n) is 6.54. The van der Waals surface area contributed by atoms with Gasteiger partial charge in [0.05, 0.1) is 7.11 Å². The topological polar surface area (TPSA) is 38.3 Å². The Labute approximate surface area is 111 Å². The minimum absolute atomic E-state index is 0.0477. The van der Waals surface area contributed by atoms with Gasteiger partial charge >= 0.3 is 5.97 Å². The van der Waals surface area contributed by atoms with Gasteiger partial charge in [-0.25, -0.2) is 0 Å². The Morgan fingerprint density at radius 2 is 2.06 bits per heavy atom. The number of methoxy groups -OCH3 is 1. The third kappa shape index (κ3) is 3.05. The highest BCUT2D eigenvalue weighted by Crippen LogP contribution is 2.46. The molecular weight excluding hydrogens is 226 g/mol. The van der Waals surface area contributed by atoms with E-state index in [1.807, 2.05) is 0 Å². The number of hydrogen-bond acceptors (Lipinski definition) is 3. The first-order valence-corrected chi connectivity index (χ1v) is 7.41. The van der Waals surface area contributed by atoms with E-state index in [0.717, 1.165) is 37.6 Å². The van der Waals surface area contributed by atoms with E-state index in [2.05, 4.69) is 19.2 Å². The normalized spacial score (nSPS) is 32.6. The number of carbonyl (C=O) groups excluding carboxylic acids is 1. The van der Waals surface area contributed by atoms with Crippen molar-refractivity contribution in [3.05, 3.63) is 0 Å². The summed E-state index contributed by atoms with van der Waals surface area (Å²) in [5, 5.41) is 3.52. The molecule has 0 aliphatic heterocycles. The maximum Gasteiger partial charge on any atom is 0.326 e. The molecule has 2 aliphatic carbocycles. The van der Waals surface area contributed by atoms with E-state index in [-0.39, 0.29) is 5.97 Å². The van der Waals surface area contributed by atoms with Gasteiger partial charge in [-0.1, -0.05) is 26.7 Å². The molecule has 0 aromatic carbocycles. The highest BCUT2D eigenvalue weighted by atomic mass is 16.5. The van der Waals surface area contributed by atoms with Gasteiger partial charge in [0.2, 0.25) is 0 Å². The average molecular weight is 253 g/mol. The molecule has 2 rings (SSSR count). The molecule has 2 atom stereocenters. The minimum Gasteiger partial charge on any atom is -0.468 e. The third-order valence-corrected chi connectivity index (χ3v) is 4.50. The number of ether oxygens (including phenoxy) is 1. The van der Waals surface area contributed by atoms with Crippen molar-refractivity contribution in [2.24, 2.45) is 17.8 Å². The molecule has 2 saturated carbocycles. The lowest BCUT2D eigenvalue weighted by Crippen LogP contribution is -2.56. The molecule has 0 aromatic rings. The van der Waals surface area contributed by atoms with Crippen molar-refractivity contribution in [3.63, 3.8) is 0 Å². The largest absolute Gasteiger partial charge is 0.468 e. The van der Waals surface area contributed by atoms with Crippen LogP contribution in [-0.2, 0) is 9.53 Å². The number of esters is 1. The predicted molar refractivity (Wildman–Crippen MR) is 72.3 cm³/mol. The SMILES string of the molecule is COC(=O)C1(NCC(C)C)CCCC(C2CC2)C1. The highest BCUT2D eigenvalue weighted by Gasteiger charge is 2.46. The Morgan fingerprint density at radius 1 is 1.33 bits per heavy atom. The maximum absolute atomic E-state index is 12.2. The summed E-state index contributed by atoms with van der Waals surface area (Å²) >= 11 is 0. The molecule has 0 heterocycles. The molecule has 18 heavy (non-hydrogen) atoms. The Hall–Kier alpha value is -0.570. The first kappa shape index (κ1) is 13.9.